The predicted molar refractivity (Wildman–Crippen MR) is 92.6 cm³/mol. The number of nitrogens with one attached hydrogen (secondary N) is 1. The summed E-state index contributed by atoms with van der Waals surface area (Å²) in [6.45, 7) is 5.98. The SMILES string of the molecule is CCCCNC(=O)C1CCN(CC=Cc2ccccc2)CC1. The first kappa shape index (κ1) is 16.8. The van der Waals surface area contributed by atoms with E-state index in [1.54, 1.807) is 0 Å². The van der Waals surface area contributed by atoms with E-state index in [9.17, 15) is 4.79 Å². The maximum atomic E-state index is 12.0. The summed E-state index contributed by atoms with van der Waals surface area (Å²) in [5, 5.41) is 3.06. The molecule has 1 amide bonds. The third-order valence-corrected chi connectivity index (χ3v) is 4.26. The highest BCUT2D eigenvalue weighted by Gasteiger charge is 2.23. The van der Waals surface area contributed by atoms with Gasteiger partial charge in [0.05, 0.1) is 0 Å². The van der Waals surface area contributed by atoms with Gasteiger partial charge in [0.25, 0.3) is 0 Å². The Bertz CT molecular complexity index is 462. The van der Waals surface area contributed by atoms with E-state index in [2.05, 4.69) is 53.6 Å². The molecule has 2 rings (SSSR count). The molecule has 0 unspecified atom stereocenters. The van der Waals surface area contributed by atoms with Crippen LogP contribution in [0, 0.1) is 5.92 Å². The smallest absolute Gasteiger partial charge is 0.223 e. The van der Waals surface area contributed by atoms with Crippen LogP contribution < -0.4 is 5.32 Å². The second-order valence-electron chi connectivity index (χ2n) is 6.03. The molecule has 1 saturated heterocycles. The number of hydrogen-bond donors (Lipinski definition) is 1. The minimum absolute atomic E-state index is 0.214. The van der Waals surface area contributed by atoms with E-state index in [4.69, 9.17) is 0 Å². The van der Waals surface area contributed by atoms with Crippen LogP contribution in [-0.2, 0) is 4.79 Å². The molecule has 3 heteroatoms. The van der Waals surface area contributed by atoms with Gasteiger partial charge in [0.15, 0.2) is 0 Å². The van der Waals surface area contributed by atoms with Crippen LogP contribution in [-0.4, -0.2) is 37.0 Å². The van der Waals surface area contributed by atoms with Crippen LogP contribution in [0.3, 0.4) is 0 Å². The van der Waals surface area contributed by atoms with Crippen LogP contribution in [0.4, 0.5) is 0 Å². The van der Waals surface area contributed by atoms with Crippen molar-refractivity contribution in [2.45, 2.75) is 32.6 Å². The number of carbonyl (C=O) groups is 1. The molecule has 1 aliphatic rings. The molecule has 1 aliphatic heterocycles. The van der Waals surface area contributed by atoms with Gasteiger partial charge in [-0.05, 0) is 37.9 Å². The highest BCUT2D eigenvalue weighted by atomic mass is 16.1. The zero-order valence-corrected chi connectivity index (χ0v) is 13.6. The number of carbonyl (C=O) groups excluding carboxylic acids is 1. The summed E-state index contributed by atoms with van der Waals surface area (Å²) < 4.78 is 0. The highest BCUT2D eigenvalue weighted by molar-refractivity contribution is 5.78. The average Bonchev–Trinajstić information content (AvgIpc) is 2.56. The van der Waals surface area contributed by atoms with Crippen molar-refractivity contribution < 1.29 is 4.79 Å². The van der Waals surface area contributed by atoms with Crippen LogP contribution in [0.2, 0.25) is 0 Å². The summed E-state index contributed by atoms with van der Waals surface area (Å²) in [5.41, 5.74) is 1.24. The van der Waals surface area contributed by atoms with Crippen LogP contribution in [0.1, 0.15) is 38.2 Å². The molecule has 0 aromatic heterocycles. The molecule has 1 aromatic carbocycles. The van der Waals surface area contributed by atoms with Crippen molar-refractivity contribution in [3.05, 3.63) is 42.0 Å². The number of benzene rings is 1. The molecule has 0 atom stereocenters. The maximum Gasteiger partial charge on any atom is 0.223 e. The second kappa shape index (κ2) is 9.42. The highest BCUT2D eigenvalue weighted by Crippen LogP contribution is 2.17. The van der Waals surface area contributed by atoms with Gasteiger partial charge in [-0.1, -0.05) is 55.8 Å². The van der Waals surface area contributed by atoms with Crippen LogP contribution in [0.25, 0.3) is 6.08 Å². The molecule has 1 heterocycles. The Kier molecular flexibility index (Phi) is 7.17. The normalized spacial score (nSPS) is 17.0. The quantitative estimate of drug-likeness (QED) is 0.783. The van der Waals surface area contributed by atoms with E-state index in [1.807, 2.05) is 6.07 Å². The molecule has 0 spiro atoms. The largest absolute Gasteiger partial charge is 0.356 e. The van der Waals surface area contributed by atoms with Crippen molar-refractivity contribution in [3.8, 4) is 0 Å². The van der Waals surface area contributed by atoms with Gasteiger partial charge in [-0.2, -0.15) is 0 Å². The molecular formula is C19H28N2O. The van der Waals surface area contributed by atoms with Gasteiger partial charge in [0.1, 0.15) is 0 Å². The molecule has 3 nitrogen and oxygen atoms in total. The lowest BCUT2D eigenvalue weighted by Gasteiger charge is -2.30. The fraction of sp³-hybridized carbons (Fsp3) is 0.526. The molecule has 0 radical (unpaired) electrons. The van der Waals surface area contributed by atoms with Gasteiger partial charge in [0.2, 0.25) is 5.91 Å². The predicted octanol–water partition coefficient (Wildman–Crippen LogP) is 3.33. The monoisotopic (exact) mass is 300 g/mol. The number of piperidine rings is 1. The van der Waals surface area contributed by atoms with E-state index in [0.717, 1.165) is 51.9 Å². The van der Waals surface area contributed by atoms with Crippen LogP contribution in [0.15, 0.2) is 36.4 Å². The topological polar surface area (TPSA) is 32.3 Å². The Morgan fingerprint density at radius 3 is 2.68 bits per heavy atom. The molecule has 1 aromatic rings. The Balaban J connectivity index is 1.66. The molecule has 0 bridgehead atoms. The Labute approximate surface area is 134 Å². The lowest BCUT2D eigenvalue weighted by Crippen LogP contribution is -2.40. The zero-order chi connectivity index (χ0) is 15.6. The Morgan fingerprint density at radius 2 is 2.00 bits per heavy atom. The van der Waals surface area contributed by atoms with Crippen LogP contribution >= 0.6 is 0 Å². The van der Waals surface area contributed by atoms with E-state index >= 15 is 0 Å². The van der Waals surface area contributed by atoms with Crippen molar-refractivity contribution in [1.29, 1.82) is 0 Å². The first-order chi connectivity index (χ1) is 10.8. The molecule has 1 fully saturated rings. The van der Waals surface area contributed by atoms with Gasteiger partial charge in [-0.15, -0.1) is 0 Å². The fourth-order valence-corrected chi connectivity index (χ4v) is 2.81. The summed E-state index contributed by atoms with van der Waals surface area (Å²) in [7, 11) is 0. The minimum atomic E-state index is 0.214. The van der Waals surface area contributed by atoms with Gasteiger partial charge in [-0.3, -0.25) is 9.69 Å². The standard InChI is InChI=1S/C19H28N2O/c1-2-3-13-20-19(22)18-11-15-21(16-12-18)14-7-10-17-8-5-4-6-9-17/h4-10,18H,2-3,11-16H2,1H3,(H,20,22). The van der Waals surface area contributed by atoms with Crippen molar-refractivity contribution in [2.75, 3.05) is 26.2 Å². The van der Waals surface area contributed by atoms with Crippen molar-refractivity contribution in [1.82, 2.24) is 10.2 Å². The minimum Gasteiger partial charge on any atom is -0.356 e. The van der Waals surface area contributed by atoms with Gasteiger partial charge < -0.3 is 5.32 Å². The van der Waals surface area contributed by atoms with Gasteiger partial charge >= 0.3 is 0 Å². The molecule has 0 aliphatic carbocycles. The lowest BCUT2D eigenvalue weighted by molar-refractivity contribution is -0.126. The van der Waals surface area contributed by atoms with E-state index < -0.39 is 0 Å². The number of likely N-dealkylation sites (tertiary alicyclic amines) is 1. The van der Waals surface area contributed by atoms with Crippen molar-refractivity contribution in [3.63, 3.8) is 0 Å². The maximum absolute atomic E-state index is 12.0. The zero-order valence-electron chi connectivity index (χ0n) is 13.6. The third kappa shape index (κ3) is 5.64. The van der Waals surface area contributed by atoms with E-state index in [0.29, 0.717) is 0 Å². The molecule has 120 valence electrons. The third-order valence-electron chi connectivity index (χ3n) is 4.26. The Hall–Kier alpha value is -1.61. The summed E-state index contributed by atoms with van der Waals surface area (Å²) in [4.78, 5) is 14.5. The summed E-state index contributed by atoms with van der Waals surface area (Å²) >= 11 is 0. The van der Waals surface area contributed by atoms with Crippen molar-refractivity contribution in [2.24, 2.45) is 5.92 Å². The number of nitrogens with zero attached hydrogens (tertiary/aromatic N) is 1. The molecule has 0 saturated carbocycles. The number of unbranched alkanes of at least 4 members (excludes halogenated alkanes) is 1. The van der Waals surface area contributed by atoms with Crippen LogP contribution in [0.5, 0.6) is 0 Å². The van der Waals surface area contributed by atoms with E-state index in [1.165, 1.54) is 5.56 Å². The molecule has 22 heavy (non-hydrogen) atoms. The van der Waals surface area contributed by atoms with Crippen molar-refractivity contribution >= 4 is 12.0 Å². The first-order valence-corrected chi connectivity index (χ1v) is 8.51. The molecular weight excluding hydrogens is 272 g/mol. The lowest BCUT2D eigenvalue weighted by atomic mass is 9.96. The second-order valence-corrected chi connectivity index (χ2v) is 6.03. The number of rotatable bonds is 7. The first-order valence-electron chi connectivity index (χ1n) is 8.51. The van der Waals surface area contributed by atoms with Gasteiger partial charge in [-0.25, -0.2) is 0 Å². The fourth-order valence-electron chi connectivity index (χ4n) is 2.81. The van der Waals surface area contributed by atoms with Gasteiger partial charge in [0, 0.05) is 19.0 Å². The average molecular weight is 300 g/mol. The van der Waals surface area contributed by atoms with E-state index in [-0.39, 0.29) is 11.8 Å². The Morgan fingerprint density at radius 1 is 1.27 bits per heavy atom. The summed E-state index contributed by atoms with van der Waals surface area (Å²) in [5.74, 6) is 0.471. The number of hydrogen-bond acceptors (Lipinski definition) is 2. The summed E-state index contributed by atoms with van der Waals surface area (Å²) in [6.07, 6.45) is 8.57. The molecule has 1 N–H and O–H groups in total. The summed E-state index contributed by atoms with van der Waals surface area (Å²) in [6, 6.07) is 10.4. The number of amides is 1.